The second kappa shape index (κ2) is 10.3. The second-order valence-electron chi connectivity index (χ2n) is 6.11. The third kappa shape index (κ3) is 5.57. The zero-order valence-electron chi connectivity index (χ0n) is 14.2. The zero-order chi connectivity index (χ0) is 15.6. The predicted molar refractivity (Wildman–Crippen MR) is 86.5 cm³/mol. The molecule has 2 atom stereocenters. The van der Waals surface area contributed by atoms with Gasteiger partial charge in [-0.1, -0.05) is 39.5 Å². The van der Waals surface area contributed by atoms with Gasteiger partial charge in [-0.25, -0.2) is 0 Å². The highest BCUT2D eigenvalue weighted by atomic mass is 16.5. The molecule has 0 aromatic rings. The van der Waals surface area contributed by atoms with E-state index in [1.165, 1.54) is 38.5 Å². The van der Waals surface area contributed by atoms with Gasteiger partial charge in [0.25, 0.3) is 0 Å². The lowest BCUT2D eigenvalue weighted by Crippen LogP contribution is -2.32. The normalized spacial score (nSPS) is 27.4. The van der Waals surface area contributed by atoms with Gasteiger partial charge in [0.05, 0.1) is 13.2 Å². The van der Waals surface area contributed by atoms with Crippen molar-refractivity contribution in [1.29, 1.82) is 0 Å². The molecule has 0 aliphatic carbocycles. The van der Waals surface area contributed by atoms with Crippen LogP contribution in [0.15, 0.2) is 10.2 Å². The Morgan fingerprint density at radius 2 is 1.23 bits per heavy atom. The monoisotopic (exact) mass is 312 g/mol. The standard InChI is InChI=1S/C16H32N4O2/c1-3-5-7-9-19-11-13-21-15(19)17-18-16-20(12-14-22-16)10-8-6-4-2/h15-16H,3-14H2,1-2H3. The van der Waals surface area contributed by atoms with E-state index in [4.69, 9.17) is 9.47 Å². The van der Waals surface area contributed by atoms with E-state index in [2.05, 4.69) is 33.9 Å². The van der Waals surface area contributed by atoms with Crippen LogP contribution in [0.2, 0.25) is 0 Å². The van der Waals surface area contributed by atoms with Crippen LogP contribution in [0.4, 0.5) is 0 Å². The van der Waals surface area contributed by atoms with Crippen molar-refractivity contribution < 1.29 is 9.47 Å². The molecule has 0 radical (unpaired) electrons. The van der Waals surface area contributed by atoms with E-state index in [0.717, 1.165) is 39.4 Å². The fourth-order valence-corrected chi connectivity index (χ4v) is 2.88. The Hall–Kier alpha value is -0.560. The van der Waals surface area contributed by atoms with E-state index in [-0.39, 0.29) is 12.7 Å². The van der Waals surface area contributed by atoms with Gasteiger partial charge in [0.1, 0.15) is 0 Å². The molecular formula is C16H32N4O2. The molecule has 0 N–H and O–H groups in total. The van der Waals surface area contributed by atoms with Crippen molar-refractivity contribution in [3.8, 4) is 0 Å². The second-order valence-corrected chi connectivity index (χ2v) is 6.11. The van der Waals surface area contributed by atoms with Gasteiger partial charge in [0.15, 0.2) is 0 Å². The molecule has 0 spiro atoms. The van der Waals surface area contributed by atoms with Gasteiger partial charge in [-0.3, -0.25) is 9.80 Å². The Kier molecular flexibility index (Phi) is 8.30. The van der Waals surface area contributed by atoms with Gasteiger partial charge < -0.3 is 9.47 Å². The summed E-state index contributed by atoms with van der Waals surface area (Å²) in [6, 6.07) is 0. The molecule has 22 heavy (non-hydrogen) atoms. The van der Waals surface area contributed by atoms with Gasteiger partial charge in [-0.15, -0.1) is 10.2 Å². The number of ether oxygens (including phenoxy) is 2. The van der Waals surface area contributed by atoms with Gasteiger partial charge in [0, 0.05) is 26.2 Å². The molecule has 0 aromatic heterocycles. The first kappa shape index (κ1) is 17.8. The average Bonchev–Trinajstić information content (AvgIpc) is 3.15. The largest absolute Gasteiger partial charge is 0.341 e. The van der Waals surface area contributed by atoms with Crippen molar-refractivity contribution >= 4 is 0 Å². The fraction of sp³-hybridized carbons (Fsp3) is 1.00. The summed E-state index contributed by atoms with van der Waals surface area (Å²) in [5, 5.41) is 8.81. The van der Waals surface area contributed by atoms with E-state index in [0.29, 0.717) is 0 Å². The van der Waals surface area contributed by atoms with E-state index < -0.39 is 0 Å². The molecule has 128 valence electrons. The van der Waals surface area contributed by atoms with Crippen molar-refractivity contribution in [3.63, 3.8) is 0 Å². The van der Waals surface area contributed by atoms with E-state index in [1.54, 1.807) is 0 Å². The smallest absolute Gasteiger partial charge is 0.226 e. The molecule has 2 aliphatic heterocycles. The molecule has 2 aliphatic rings. The maximum absolute atomic E-state index is 5.68. The lowest BCUT2D eigenvalue weighted by Gasteiger charge is -2.21. The van der Waals surface area contributed by atoms with Crippen molar-refractivity contribution in [2.45, 2.75) is 65.1 Å². The SMILES string of the molecule is CCCCCN1CCOC1N=NC1OCCN1CCCCC. The number of rotatable bonds is 10. The molecule has 0 saturated carbocycles. The lowest BCUT2D eigenvalue weighted by molar-refractivity contribution is 0.00509. The summed E-state index contributed by atoms with van der Waals surface area (Å²) in [6.07, 6.45) is 6.99. The van der Waals surface area contributed by atoms with Gasteiger partial charge in [0.2, 0.25) is 12.7 Å². The first-order chi connectivity index (χ1) is 10.8. The van der Waals surface area contributed by atoms with Crippen LogP contribution in [0.5, 0.6) is 0 Å². The molecule has 0 aromatic carbocycles. The van der Waals surface area contributed by atoms with Crippen LogP contribution in [0.1, 0.15) is 52.4 Å². The van der Waals surface area contributed by atoms with Crippen LogP contribution in [0.3, 0.4) is 0 Å². The van der Waals surface area contributed by atoms with Crippen molar-refractivity contribution in [3.05, 3.63) is 0 Å². The molecular weight excluding hydrogens is 280 g/mol. The third-order valence-electron chi connectivity index (χ3n) is 4.28. The Morgan fingerprint density at radius 3 is 1.64 bits per heavy atom. The summed E-state index contributed by atoms with van der Waals surface area (Å²) in [5.74, 6) is 0. The maximum Gasteiger partial charge on any atom is 0.226 e. The quantitative estimate of drug-likeness (QED) is 0.459. The van der Waals surface area contributed by atoms with Crippen LogP contribution >= 0.6 is 0 Å². The minimum atomic E-state index is -0.210. The number of hydrogen-bond acceptors (Lipinski definition) is 6. The highest BCUT2D eigenvalue weighted by Crippen LogP contribution is 2.17. The Bertz CT molecular complexity index is 297. The summed E-state index contributed by atoms with van der Waals surface area (Å²) in [5.41, 5.74) is 0. The topological polar surface area (TPSA) is 49.7 Å². The molecule has 2 heterocycles. The Balaban J connectivity index is 1.76. The van der Waals surface area contributed by atoms with Crippen molar-refractivity contribution in [1.82, 2.24) is 9.80 Å². The average molecular weight is 312 g/mol. The van der Waals surface area contributed by atoms with E-state index in [1.807, 2.05) is 0 Å². The number of unbranched alkanes of at least 4 members (excludes halogenated alkanes) is 4. The van der Waals surface area contributed by atoms with Crippen molar-refractivity contribution in [2.24, 2.45) is 10.2 Å². The van der Waals surface area contributed by atoms with Gasteiger partial charge >= 0.3 is 0 Å². The van der Waals surface area contributed by atoms with Crippen LogP contribution in [-0.2, 0) is 9.47 Å². The van der Waals surface area contributed by atoms with Crippen molar-refractivity contribution in [2.75, 3.05) is 39.4 Å². The minimum absolute atomic E-state index is 0.210. The fourth-order valence-electron chi connectivity index (χ4n) is 2.88. The summed E-state index contributed by atoms with van der Waals surface area (Å²) < 4.78 is 11.4. The summed E-state index contributed by atoms with van der Waals surface area (Å²) >= 11 is 0. The maximum atomic E-state index is 5.68. The lowest BCUT2D eigenvalue weighted by atomic mass is 10.2. The molecule has 2 saturated heterocycles. The third-order valence-corrected chi connectivity index (χ3v) is 4.28. The number of azo groups is 1. The first-order valence-electron chi connectivity index (χ1n) is 8.96. The molecule has 2 rings (SSSR count). The first-order valence-corrected chi connectivity index (χ1v) is 8.96. The summed E-state index contributed by atoms with van der Waals surface area (Å²) in [7, 11) is 0. The van der Waals surface area contributed by atoms with E-state index >= 15 is 0 Å². The minimum Gasteiger partial charge on any atom is -0.341 e. The number of nitrogens with zero attached hydrogens (tertiary/aromatic N) is 4. The van der Waals surface area contributed by atoms with Gasteiger partial charge in [-0.05, 0) is 12.8 Å². The molecule has 2 unspecified atom stereocenters. The molecule has 6 heteroatoms. The zero-order valence-corrected chi connectivity index (χ0v) is 14.2. The number of hydrogen-bond donors (Lipinski definition) is 0. The summed E-state index contributed by atoms with van der Waals surface area (Å²) in [4.78, 5) is 4.55. The molecule has 0 amide bonds. The highest BCUT2D eigenvalue weighted by Gasteiger charge is 2.27. The van der Waals surface area contributed by atoms with Gasteiger partial charge in [-0.2, -0.15) is 0 Å². The Labute approximate surface area is 134 Å². The van der Waals surface area contributed by atoms with Crippen LogP contribution in [-0.4, -0.2) is 61.9 Å². The highest BCUT2D eigenvalue weighted by molar-refractivity contribution is 4.70. The van der Waals surface area contributed by atoms with Crippen LogP contribution < -0.4 is 0 Å². The van der Waals surface area contributed by atoms with E-state index in [9.17, 15) is 0 Å². The molecule has 6 nitrogen and oxygen atoms in total. The molecule has 2 fully saturated rings. The van der Waals surface area contributed by atoms with Crippen LogP contribution in [0.25, 0.3) is 0 Å². The predicted octanol–water partition coefficient (Wildman–Crippen LogP) is 3.05. The summed E-state index contributed by atoms with van der Waals surface area (Å²) in [6.45, 7) is 9.96. The Morgan fingerprint density at radius 1 is 0.773 bits per heavy atom. The van der Waals surface area contributed by atoms with Crippen LogP contribution in [0, 0.1) is 0 Å². The molecule has 0 bridgehead atoms.